The standard InChI is InChI=1S/C16H13BrCl3F/c17-13-3-1-12(2-4-13)16(9-18,10-19)8-11-7-14(20)5-6-15(11)21/h1-7H,8-10H2. The van der Waals surface area contributed by atoms with E-state index in [2.05, 4.69) is 15.9 Å². The Morgan fingerprint density at radius 2 is 1.62 bits per heavy atom. The van der Waals surface area contributed by atoms with Crippen LogP contribution in [0, 0.1) is 5.82 Å². The molecule has 0 unspecified atom stereocenters. The van der Waals surface area contributed by atoms with Crippen LogP contribution in [0.5, 0.6) is 0 Å². The Bertz CT molecular complexity index is 609. The van der Waals surface area contributed by atoms with Crippen LogP contribution in [0.15, 0.2) is 46.9 Å². The largest absolute Gasteiger partial charge is 0.207 e. The average molecular weight is 411 g/mol. The van der Waals surface area contributed by atoms with Crippen molar-refractivity contribution >= 4 is 50.7 Å². The van der Waals surface area contributed by atoms with Crippen LogP contribution in [0.25, 0.3) is 0 Å². The van der Waals surface area contributed by atoms with E-state index in [4.69, 9.17) is 34.8 Å². The van der Waals surface area contributed by atoms with Crippen molar-refractivity contribution in [2.75, 3.05) is 11.8 Å². The fourth-order valence-corrected chi connectivity index (χ4v) is 3.48. The van der Waals surface area contributed by atoms with Crippen molar-refractivity contribution in [2.45, 2.75) is 11.8 Å². The van der Waals surface area contributed by atoms with Crippen LogP contribution in [0.4, 0.5) is 4.39 Å². The molecule has 0 aromatic heterocycles. The van der Waals surface area contributed by atoms with E-state index in [1.807, 2.05) is 24.3 Å². The smallest absolute Gasteiger partial charge is 0.126 e. The zero-order chi connectivity index (χ0) is 15.5. The zero-order valence-corrected chi connectivity index (χ0v) is 14.9. The molecule has 0 N–H and O–H groups in total. The van der Waals surface area contributed by atoms with Crippen molar-refractivity contribution in [3.8, 4) is 0 Å². The van der Waals surface area contributed by atoms with E-state index in [-0.39, 0.29) is 5.82 Å². The second-order valence-corrected chi connectivity index (χ2v) is 6.85. The van der Waals surface area contributed by atoms with Gasteiger partial charge in [0.25, 0.3) is 0 Å². The van der Waals surface area contributed by atoms with E-state index in [0.717, 1.165) is 10.0 Å². The molecule has 0 saturated carbocycles. The molecule has 2 aromatic rings. The maximum absolute atomic E-state index is 14.0. The van der Waals surface area contributed by atoms with Gasteiger partial charge in [0.05, 0.1) is 0 Å². The van der Waals surface area contributed by atoms with Gasteiger partial charge in [-0.1, -0.05) is 39.7 Å². The molecule has 0 aliphatic rings. The van der Waals surface area contributed by atoms with Gasteiger partial charge in [-0.15, -0.1) is 23.2 Å². The summed E-state index contributed by atoms with van der Waals surface area (Å²) >= 11 is 21.7. The third-order valence-electron chi connectivity index (χ3n) is 3.50. The second kappa shape index (κ2) is 7.32. The lowest BCUT2D eigenvalue weighted by atomic mass is 9.78. The normalized spacial score (nSPS) is 11.7. The van der Waals surface area contributed by atoms with Crippen LogP contribution in [-0.2, 0) is 11.8 Å². The zero-order valence-electron chi connectivity index (χ0n) is 11.1. The third kappa shape index (κ3) is 3.92. The van der Waals surface area contributed by atoms with E-state index in [1.165, 1.54) is 12.1 Å². The molecule has 2 rings (SSSR count). The van der Waals surface area contributed by atoms with Crippen LogP contribution < -0.4 is 0 Å². The summed E-state index contributed by atoms with van der Waals surface area (Å²) in [5, 5.41) is 0.500. The number of halogens is 5. The molecule has 0 nitrogen and oxygen atoms in total. The van der Waals surface area contributed by atoms with E-state index < -0.39 is 5.41 Å². The average Bonchev–Trinajstić information content (AvgIpc) is 2.49. The summed E-state index contributed by atoms with van der Waals surface area (Å²) in [6.45, 7) is 0. The maximum Gasteiger partial charge on any atom is 0.126 e. The number of hydrogen-bond donors (Lipinski definition) is 0. The fourth-order valence-electron chi connectivity index (χ4n) is 2.23. The van der Waals surface area contributed by atoms with Gasteiger partial charge in [-0.05, 0) is 47.9 Å². The first kappa shape index (κ1) is 17.1. The minimum Gasteiger partial charge on any atom is -0.207 e. The highest BCUT2D eigenvalue weighted by Crippen LogP contribution is 2.33. The molecule has 0 aliphatic carbocycles. The van der Waals surface area contributed by atoms with Gasteiger partial charge >= 0.3 is 0 Å². The van der Waals surface area contributed by atoms with E-state index in [1.54, 1.807) is 6.07 Å². The van der Waals surface area contributed by atoms with Crippen molar-refractivity contribution in [1.29, 1.82) is 0 Å². The monoisotopic (exact) mass is 408 g/mol. The van der Waals surface area contributed by atoms with Gasteiger partial charge < -0.3 is 0 Å². The van der Waals surface area contributed by atoms with E-state index >= 15 is 0 Å². The van der Waals surface area contributed by atoms with Crippen LogP contribution >= 0.6 is 50.7 Å². The fraction of sp³-hybridized carbons (Fsp3) is 0.250. The Morgan fingerprint density at radius 1 is 1.00 bits per heavy atom. The van der Waals surface area contributed by atoms with Gasteiger partial charge in [-0.3, -0.25) is 0 Å². The lowest BCUT2D eigenvalue weighted by Gasteiger charge is -2.30. The molecule has 0 spiro atoms. The van der Waals surface area contributed by atoms with Crippen LogP contribution in [0.3, 0.4) is 0 Å². The third-order valence-corrected chi connectivity index (χ3v) is 5.29. The first-order chi connectivity index (χ1) is 10.0. The molecule has 0 bridgehead atoms. The van der Waals surface area contributed by atoms with Crippen LogP contribution in [0.2, 0.25) is 5.02 Å². The molecule has 2 aromatic carbocycles. The van der Waals surface area contributed by atoms with Gasteiger partial charge in [-0.25, -0.2) is 4.39 Å². The van der Waals surface area contributed by atoms with Gasteiger partial charge in [0, 0.05) is 26.7 Å². The van der Waals surface area contributed by atoms with Gasteiger partial charge in [0.1, 0.15) is 5.82 Å². The Morgan fingerprint density at radius 3 is 2.19 bits per heavy atom. The molecular weight excluding hydrogens is 397 g/mol. The number of hydrogen-bond acceptors (Lipinski definition) is 0. The molecule has 0 amide bonds. The Labute approximate surface area is 147 Å². The molecule has 0 saturated heterocycles. The lowest BCUT2D eigenvalue weighted by molar-refractivity contribution is 0.512. The molecule has 0 heterocycles. The van der Waals surface area contributed by atoms with E-state index in [9.17, 15) is 4.39 Å². The highest BCUT2D eigenvalue weighted by atomic mass is 79.9. The van der Waals surface area contributed by atoms with Gasteiger partial charge in [-0.2, -0.15) is 0 Å². The first-order valence-corrected chi connectivity index (χ1v) is 8.57. The molecule has 5 heteroatoms. The summed E-state index contributed by atoms with van der Waals surface area (Å²) in [6.07, 6.45) is 0.397. The SMILES string of the molecule is Fc1ccc(Cl)cc1CC(CCl)(CCl)c1ccc(Br)cc1. The van der Waals surface area contributed by atoms with E-state index in [0.29, 0.717) is 28.8 Å². The van der Waals surface area contributed by atoms with Crippen molar-refractivity contribution in [3.63, 3.8) is 0 Å². The van der Waals surface area contributed by atoms with Crippen molar-refractivity contribution in [3.05, 3.63) is 68.9 Å². The summed E-state index contributed by atoms with van der Waals surface area (Å²) in [5.41, 5.74) is 0.969. The van der Waals surface area contributed by atoms with Gasteiger partial charge in [0.15, 0.2) is 0 Å². The second-order valence-electron chi connectivity index (χ2n) is 4.97. The Hall–Kier alpha value is -0.280. The first-order valence-electron chi connectivity index (χ1n) is 6.33. The van der Waals surface area contributed by atoms with Crippen LogP contribution in [0.1, 0.15) is 11.1 Å². The summed E-state index contributed by atoms with van der Waals surface area (Å²) in [7, 11) is 0. The Kier molecular flexibility index (Phi) is 5.96. The molecular formula is C16H13BrCl3F. The highest BCUT2D eigenvalue weighted by Gasteiger charge is 2.32. The minimum atomic E-state index is -0.532. The number of benzene rings is 2. The molecule has 21 heavy (non-hydrogen) atoms. The molecule has 0 atom stereocenters. The maximum atomic E-state index is 14.0. The molecule has 112 valence electrons. The van der Waals surface area contributed by atoms with Crippen molar-refractivity contribution in [2.24, 2.45) is 0 Å². The van der Waals surface area contributed by atoms with Crippen molar-refractivity contribution < 1.29 is 4.39 Å². The summed E-state index contributed by atoms with van der Waals surface area (Å²) in [4.78, 5) is 0. The number of alkyl halides is 2. The lowest BCUT2D eigenvalue weighted by Crippen LogP contribution is -2.33. The highest BCUT2D eigenvalue weighted by molar-refractivity contribution is 9.10. The molecule has 0 aliphatic heterocycles. The van der Waals surface area contributed by atoms with Gasteiger partial charge in [0.2, 0.25) is 0 Å². The summed E-state index contributed by atoms with van der Waals surface area (Å²) < 4.78 is 15.0. The number of rotatable bonds is 5. The molecule has 0 radical (unpaired) electrons. The van der Waals surface area contributed by atoms with Crippen LogP contribution in [-0.4, -0.2) is 11.8 Å². The molecule has 0 fully saturated rings. The minimum absolute atomic E-state index is 0.295. The topological polar surface area (TPSA) is 0 Å². The predicted molar refractivity (Wildman–Crippen MR) is 92.4 cm³/mol. The predicted octanol–water partition coefficient (Wildman–Crippen LogP) is 6.20. The quantitative estimate of drug-likeness (QED) is 0.515. The van der Waals surface area contributed by atoms with Crippen molar-refractivity contribution in [1.82, 2.24) is 0 Å². The Balaban J connectivity index is 2.42. The summed E-state index contributed by atoms with van der Waals surface area (Å²) in [5.74, 6) is 0.296. The summed E-state index contributed by atoms with van der Waals surface area (Å²) in [6, 6.07) is 12.3.